The molecule has 1 aliphatic heterocycles. The maximum absolute atomic E-state index is 10.6. The van der Waals surface area contributed by atoms with E-state index in [-0.39, 0.29) is 0 Å². The second-order valence-corrected chi connectivity index (χ2v) is 4.17. The van der Waals surface area contributed by atoms with E-state index in [1.165, 1.54) is 24.5 Å². The second kappa shape index (κ2) is 3.14. The summed E-state index contributed by atoms with van der Waals surface area (Å²) in [4.78, 5) is 12.9. The standard InChI is InChI=1S/C10H15NO2/c1-11-5-7-2-3-8(6-11)9(7)4-10(12)13/h4,7-8H,2-3,5-6H2,1H3,(H,12,13). The summed E-state index contributed by atoms with van der Waals surface area (Å²) in [5, 5.41) is 8.70. The van der Waals surface area contributed by atoms with Crippen molar-refractivity contribution in [3.05, 3.63) is 11.6 Å². The van der Waals surface area contributed by atoms with Gasteiger partial charge in [-0.2, -0.15) is 0 Å². The predicted octanol–water partition coefficient (Wildman–Crippen LogP) is 0.969. The van der Waals surface area contributed by atoms with E-state index in [1.54, 1.807) is 0 Å². The van der Waals surface area contributed by atoms with Crippen molar-refractivity contribution in [3.8, 4) is 0 Å². The van der Waals surface area contributed by atoms with Gasteiger partial charge in [0.1, 0.15) is 0 Å². The number of carbonyl (C=O) groups is 1. The van der Waals surface area contributed by atoms with Gasteiger partial charge >= 0.3 is 5.97 Å². The molecule has 2 bridgehead atoms. The minimum absolute atomic E-state index is 0.514. The largest absolute Gasteiger partial charge is 0.478 e. The molecule has 1 saturated heterocycles. The minimum atomic E-state index is -0.781. The van der Waals surface area contributed by atoms with Crippen LogP contribution in [0.2, 0.25) is 0 Å². The van der Waals surface area contributed by atoms with E-state index in [0.29, 0.717) is 11.8 Å². The second-order valence-electron chi connectivity index (χ2n) is 4.17. The highest BCUT2D eigenvalue weighted by Gasteiger charge is 2.36. The van der Waals surface area contributed by atoms with Crippen LogP contribution >= 0.6 is 0 Å². The van der Waals surface area contributed by atoms with Gasteiger partial charge in [0.25, 0.3) is 0 Å². The Bertz CT molecular complexity index is 244. The van der Waals surface area contributed by atoms with Gasteiger partial charge in [-0.1, -0.05) is 5.57 Å². The van der Waals surface area contributed by atoms with Crippen molar-refractivity contribution in [1.29, 1.82) is 0 Å². The predicted molar refractivity (Wildman–Crippen MR) is 49.4 cm³/mol. The Kier molecular flexibility index (Phi) is 2.12. The van der Waals surface area contributed by atoms with Gasteiger partial charge in [0.05, 0.1) is 0 Å². The maximum atomic E-state index is 10.6. The van der Waals surface area contributed by atoms with E-state index in [9.17, 15) is 4.79 Å². The van der Waals surface area contributed by atoms with Gasteiger partial charge in [-0.15, -0.1) is 0 Å². The van der Waals surface area contributed by atoms with Gasteiger partial charge in [-0.05, 0) is 31.7 Å². The summed E-state index contributed by atoms with van der Waals surface area (Å²) in [6.45, 7) is 2.07. The van der Waals surface area contributed by atoms with Crippen LogP contribution in [-0.4, -0.2) is 36.1 Å². The van der Waals surface area contributed by atoms with E-state index in [4.69, 9.17) is 5.11 Å². The summed E-state index contributed by atoms with van der Waals surface area (Å²) in [6, 6.07) is 0. The molecule has 1 aliphatic carbocycles. The summed E-state index contributed by atoms with van der Waals surface area (Å²) in [5.74, 6) is 0.246. The molecular weight excluding hydrogens is 166 g/mol. The maximum Gasteiger partial charge on any atom is 0.328 e. The molecule has 1 saturated carbocycles. The lowest BCUT2D eigenvalue weighted by Gasteiger charge is -2.30. The first-order valence-corrected chi connectivity index (χ1v) is 4.80. The van der Waals surface area contributed by atoms with Crippen LogP contribution in [-0.2, 0) is 4.79 Å². The molecule has 1 N–H and O–H groups in total. The SMILES string of the molecule is CN1CC2CCC(C1)C2=CC(=O)O. The number of hydrogen-bond donors (Lipinski definition) is 1. The van der Waals surface area contributed by atoms with Crippen molar-refractivity contribution >= 4 is 5.97 Å². The lowest BCUT2D eigenvalue weighted by molar-refractivity contribution is -0.131. The summed E-state index contributed by atoms with van der Waals surface area (Å²) in [6.07, 6.45) is 3.79. The summed E-state index contributed by atoms with van der Waals surface area (Å²) in [5.41, 5.74) is 1.19. The van der Waals surface area contributed by atoms with Crippen molar-refractivity contribution in [3.63, 3.8) is 0 Å². The van der Waals surface area contributed by atoms with Crippen molar-refractivity contribution in [2.75, 3.05) is 20.1 Å². The molecule has 0 amide bonds. The van der Waals surface area contributed by atoms with E-state index in [0.717, 1.165) is 13.1 Å². The van der Waals surface area contributed by atoms with Gasteiger partial charge in [0, 0.05) is 19.2 Å². The van der Waals surface area contributed by atoms with E-state index in [2.05, 4.69) is 11.9 Å². The zero-order valence-corrected chi connectivity index (χ0v) is 7.86. The van der Waals surface area contributed by atoms with Crippen molar-refractivity contribution in [2.45, 2.75) is 12.8 Å². The zero-order valence-electron chi connectivity index (χ0n) is 7.86. The topological polar surface area (TPSA) is 40.5 Å². The molecule has 2 fully saturated rings. The molecular formula is C10H15NO2. The average Bonchev–Trinajstić information content (AvgIpc) is 2.32. The van der Waals surface area contributed by atoms with Crippen molar-refractivity contribution in [1.82, 2.24) is 4.90 Å². The number of fused-ring (bicyclic) bond motifs is 2. The highest BCUT2D eigenvalue weighted by molar-refractivity contribution is 5.81. The lowest BCUT2D eigenvalue weighted by atomic mass is 9.92. The summed E-state index contributed by atoms with van der Waals surface area (Å²) in [7, 11) is 2.11. The first-order valence-electron chi connectivity index (χ1n) is 4.80. The highest BCUT2D eigenvalue weighted by Crippen LogP contribution is 2.40. The van der Waals surface area contributed by atoms with Crippen LogP contribution in [0.25, 0.3) is 0 Å². The van der Waals surface area contributed by atoms with Gasteiger partial charge in [-0.3, -0.25) is 0 Å². The van der Waals surface area contributed by atoms with Crippen LogP contribution in [0, 0.1) is 11.8 Å². The molecule has 72 valence electrons. The highest BCUT2D eigenvalue weighted by atomic mass is 16.4. The fraction of sp³-hybridized carbons (Fsp3) is 0.700. The van der Waals surface area contributed by atoms with E-state index in [1.807, 2.05) is 0 Å². The first kappa shape index (κ1) is 8.75. The third-order valence-corrected chi connectivity index (χ3v) is 3.16. The molecule has 1 heterocycles. The van der Waals surface area contributed by atoms with E-state index >= 15 is 0 Å². The Morgan fingerprint density at radius 1 is 1.46 bits per heavy atom. The summed E-state index contributed by atoms with van der Waals surface area (Å²) < 4.78 is 0. The Labute approximate surface area is 78.0 Å². The normalized spacial score (nSPS) is 33.5. The van der Waals surface area contributed by atoms with Gasteiger partial charge in [0.2, 0.25) is 0 Å². The Balaban J connectivity index is 2.19. The number of nitrogens with zero attached hydrogens (tertiary/aromatic N) is 1. The molecule has 0 radical (unpaired) electrons. The molecule has 0 aromatic rings. The van der Waals surface area contributed by atoms with E-state index < -0.39 is 5.97 Å². The lowest BCUT2D eigenvalue weighted by Crippen LogP contribution is -2.35. The molecule has 13 heavy (non-hydrogen) atoms. The van der Waals surface area contributed by atoms with Crippen LogP contribution in [0.4, 0.5) is 0 Å². The van der Waals surface area contributed by atoms with Gasteiger partial charge in [0.15, 0.2) is 0 Å². The molecule has 2 atom stereocenters. The number of carboxylic acids is 1. The third-order valence-electron chi connectivity index (χ3n) is 3.16. The quantitative estimate of drug-likeness (QED) is 0.613. The van der Waals surface area contributed by atoms with Crippen LogP contribution in [0.1, 0.15) is 12.8 Å². The minimum Gasteiger partial charge on any atom is -0.478 e. The molecule has 2 rings (SSSR count). The molecule has 2 unspecified atom stereocenters. The number of hydrogen-bond acceptors (Lipinski definition) is 2. The van der Waals surface area contributed by atoms with Gasteiger partial charge in [-0.25, -0.2) is 4.79 Å². The van der Waals surface area contributed by atoms with Crippen molar-refractivity contribution < 1.29 is 9.90 Å². The zero-order chi connectivity index (χ0) is 9.42. The Morgan fingerprint density at radius 3 is 2.46 bits per heavy atom. The molecule has 0 spiro atoms. The number of rotatable bonds is 1. The van der Waals surface area contributed by atoms with Crippen LogP contribution in [0.5, 0.6) is 0 Å². The fourth-order valence-electron chi connectivity index (χ4n) is 2.67. The molecule has 2 aliphatic rings. The Morgan fingerprint density at radius 2 is 2.00 bits per heavy atom. The Hall–Kier alpha value is -0.830. The van der Waals surface area contributed by atoms with Crippen LogP contribution in [0.3, 0.4) is 0 Å². The molecule has 3 heteroatoms. The number of likely N-dealkylation sites (tertiary alicyclic amines) is 1. The van der Waals surface area contributed by atoms with Crippen LogP contribution in [0.15, 0.2) is 11.6 Å². The van der Waals surface area contributed by atoms with Crippen molar-refractivity contribution in [2.24, 2.45) is 11.8 Å². The van der Waals surface area contributed by atoms with Crippen LogP contribution < -0.4 is 0 Å². The molecule has 0 aromatic heterocycles. The number of carboxylic acid groups (broad SMARTS) is 1. The molecule has 3 nitrogen and oxygen atoms in total. The smallest absolute Gasteiger partial charge is 0.328 e. The number of aliphatic carboxylic acids is 1. The fourth-order valence-corrected chi connectivity index (χ4v) is 2.67. The monoisotopic (exact) mass is 181 g/mol. The number of piperidine rings is 1. The first-order chi connectivity index (χ1) is 6.16. The average molecular weight is 181 g/mol. The van der Waals surface area contributed by atoms with Gasteiger partial charge < -0.3 is 10.0 Å². The third kappa shape index (κ3) is 1.61. The molecule has 0 aromatic carbocycles. The summed E-state index contributed by atoms with van der Waals surface area (Å²) >= 11 is 0.